The molecule has 0 fully saturated rings. The lowest BCUT2D eigenvalue weighted by atomic mass is 10.3. The van der Waals surface area contributed by atoms with Crippen LogP contribution in [0.3, 0.4) is 0 Å². The highest BCUT2D eigenvalue weighted by molar-refractivity contribution is 6.31. The van der Waals surface area contributed by atoms with Crippen molar-refractivity contribution in [3.05, 3.63) is 53.3 Å². The molecule has 2 rings (SSSR count). The zero-order chi connectivity index (χ0) is 15.1. The van der Waals surface area contributed by atoms with E-state index < -0.39 is 6.09 Å². The first-order valence-corrected chi connectivity index (χ1v) is 6.32. The third-order valence-electron chi connectivity index (χ3n) is 2.44. The van der Waals surface area contributed by atoms with E-state index in [1.807, 2.05) is 0 Å². The monoisotopic (exact) mass is 305 g/mol. The molecule has 108 valence electrons. The number of nitrogens with one attached hydrogen (secondary N) is 1. The van der Waals surface area contributed by atoms with E-state index in [1.165, 1.54) is 13.3 Å². The molecule has 0 radical (unpaired) electrons. The molecule has 0 saturated heterocycles. The van der Waals surface area contributed by atoms with Crippen LogP contribution in [0.15, 0.2) is 47.9 Å². The van der Waals surface area contributed by atoms with E-state index in [2.05, 4.69) is 20.3 Å². The summed E-state index contributed by atoms with van der Waals surface area (Å²) < 4.78 is 5.10. The Morgan fingerprint density at radius 2 is 2.10 bits per heavy atom. The molecule has 0 spiro atoms. The van der Waals surface area contributed by atoms with Gasteiger partial charge in [0, 0.05) is 17.4 Å². The largest absolute Gasteiger partial charge is 0.495 e. The molecule has 0 unspecified atom stereocenters. The summed E-state index contributed by atoms with van der Waals surface area (Å²) in [5.74, 6) is 0.467. The van der Waals surface area contributed by atoms with Gasteiger partial charge in [0.2, 0.25) is 0 Å². The molecule has 0 saturated carbocycles. The average molecular weight is 306 g/mol. The van der Waals surface area contributed by atoms with Gasteiger partial charge in [-0.05, 0) is 35.9 Å². The van der Waals surface area contributed by atoms with Crippen LogP contribution in [0.25, 0.3) is 0 Å². The Hall–Kier alpha value is -2.60. The van der Waals surface area contributed by atoms with E-state index in [0.29, 0.717) is 16.5 Å². The predicted molar refractivity (Wildman–Crippen MR) is 79.9 cm³/mol. The number of nitrogens with zero attached hydrogens (tertiary/aromatic N) is 2. The molecule has 0 aliphatic heterocycles. The summed E-state index contributed by atoms with van der Waals surface area (Å²) in [6.07, 6.45) is 3.87. The lowest BCUT2D eigenvalue weighted by molar-refractivity contribution is 0.167. The average Bonchev–Trinajstić information content (AvgIpc) is 2.48. The first-order chi connectivity index (χ1) is 10.2. The van der Waals surface area contributed by atoms with Crippen LogP contribution in [0.2, 0.25) is 5.02 Å². The van der Waals surface area contributed by atoms with Crippen molar-refractivity contribution in [2.24, 2.45) is 5.16 Å². The number of ether oxygens (including phenoxy) is 1. The number of hydrogen-bond donors (Lipinski definition) is 1. The zero-order valence-electron chi connectivity index (χ0n) is 11.1. The summed E-state index contributed by atoms with van der Waals surface area (Å²) in [5, 5.41) is 6.53. The van der Waals surface area contributed by atoms with Crippen molar-refractivity contribution in [3.63, 3.8) is 0 Å². The van der Waals surface area contributed by atoms with E-state index in [-0.39, 0.29) is 0 Å². The number of pyridine rings is 1. The molecule has 0 aliphatic carbocycles. The second kappa shape index (κ2) is 7.25. The van der Waals surface area contributed by atoms with Gasteiger partial charge in [0.25, 0.3) is 0 Å². The summed E-state index contributed by atoms with van der Waals surface area (Å²) in [5.41, 5.74) is 1.16. The Kier molecular flexibility index (Phi) is 5.11. The number of aromatic nitrogens is 1. The van der Waals surface area contributed by atoms with Crippen molar-refractivity contribution in [1.82, 2.24) is 4.98 Å². The Balaban J connectivity index is 1.96. The van der Waals surface area contributed by atoms with Gasteiger partial charge in [-0.2, -0.15) is 0 Å². The van der Waals surface area contributed by atoms with Crippen LogP contribution in [0.4, 0.5) is 10.5 Å². The van der Waals surface area contributed by atoms with Crippen LogP contribution in [-0.2, 0) is 4.84 Å². The van der Waals surface area contributed by atoms with Crippen LogP contribution in [0.1, 0.15) is 5.56 Å². The number of carbonyl (C=O) groups is 1. The van der Waals surface area contributed by atoms with E-state index >= 15 is 0 Å². The second-order valence-electron chi connectivity index (χ2n) is 3.86. The topological polar surface area (TPSA) is 72.8 Å². The maximum absolute atomic E-state index is 11.6. The van der Waals surface area contributed by atoms with E-state index in [4.69, 9.17) is 16.3 Å². The Morgan fingerprint density at radius 1 is 1.33 bits per heavy atom. The number of hydrogen-bond acceptors (Lipinski definition) is 5. The summed E-state index contributed by atoms with van der Waals surface area (Å²) in [6.45, 7) is 0. The normalized spacial score (nSPS) is 10.4. The van der Waals surface area contributed by atoms with Crippen molar-refractivity contribution in [3.8, 4) is 5.75 Å². The molecule has 2 aromatic rings. The van der Waals surface area contributed by atoms with Crippen LogP contribution in [0.5, 0.6) is 5.75 Å². The highest BCUT2D eigenvalue weighted by atomic mass is 35.5. The smallest absolute Gasteiger partial charge is 0.437 e. The molecular weight excluding hydrogens is 294 g/mol. The molecule has 0 bridgehead atoms. The summed E-state index contributed by atoms with van der Waals surface area (Å²) in [4.78, 5) is 20.2. The van der Waals surface area contributed by atoms with E-state index in [1.54, 1.807) is 42.7 Å². The van der Waals surface area contributed by atoms with Crippen molar-refractivity contribution in [2.75, 3.05) is 12.4 Å². The third-order valence-corrected chi connectivity index (χ3v) is 2.68. The molecule has 0 atom stereocenters. The van der Waals surface area contributed by atoms with Gasteiger partial charge in [-0.25, -0.2) is 4.79 Å². The molecule has 1 amide bonds. The van der Waals surface area contributed by atoms with Crippen LogP contribution in [-0.4, -0.2) is 24.4 Å². The highest BCUT2D eigenvalue weighted by Crippen LogP contribution is 2.27. The number of methoxy groups -OCH3 is 1. The van der Waals surface area contributed by atoms with Crippen molar-refractivity contribution < 1.29 is 14.4 Å². The van der Waals surface area contributed by atoms with Crippen molar-refractivity contribution in [2.45, 2.75) is 0 Å². The molecule has 1 N–H and O–H groups in total. The van der Waals surface area contributed by atoms with Gasteiger partial charge < -0.3 is 4.74 Å². The minimum atomic E-state index is -0.749. The number of oxime groups is 1. The lowest BCUT2D eigenvalue weighted by Crippen LogP contribution is -2.11. The molecule has 21 heavy (non-hydrogen) atoms. The SMILES string of the molecule is COc1ccc(Cl)cc1NC(=O)O/N=C\c1ccncc1. The fourth-order valence-corrected chi connectivity index (χ4v) is 1.67. The molecule has 0 aliphatic rings. The lowest BCUT2D eigenvalue weighted by Gasteiger charge is -2.08. The zero-order valence-corrected chi connectivity index (χ0v) is 11.9. The van der Waals surface area contributed by atoms with Crippen molar-refractivity contribution in [1.29, 1.82) is 0 Å². The Morgan fingerprint density at radius 3 is 2.81 bits per heavy atom. The number of rotatable bonds is 4. The summed E-state index contributed by atoms with van der Waals surface area (Å²) in [6, 6.07) is 8.29. The minimum Gasteiger partial charge on any atom is -0.495 e. The maximum atomic E-state index is 11.6. The Bertz CT molecular complexity index is 647. The number of anilines is 1. The second-order valence-corrected chi connectivity index (χ2v) is 4.30. The third kappa shape index (κ3) is 4.47. The van der Waals surface area contributed by atoms with Crippen LogP contribution < -0.4 is 10.1 Å². The summed E-state index contributed by atoms with van der Waals surface area (Å²) in [7, 11) is 1.49. The van der Waals surface area contributed by atoms with Gasteiger partial charge >= 0.3 is 6.09 Å². The van der Waals surface area contributed by atoms with Crippen LogP contribution in [0, 0.1) is 0 Å². The predicted octanol–water partition coefficient (Wildman–Crippen LogP) is 3.33. The fourth-order valence-electron chi connectivity index (χ4n) is 1.50. The van der Waals surface area contributed by atoms with E-state index in [9.17, 15) is 4.79 Å². The number of halogens is 1. The van der Waals surface area contributed by atoms with Crippen LogP contribution >= 0.6 is 11.6 Å². The first-order valence-electron chi connectivity index (χ1n) is 5.94. The minimum absolute atomic E-state index is 0.397. The standard InChI is InChI=1S/C14H12ClN3O3/c1-20-13-3-2-11(15)8-12(13)18-14(19)21-17-9-10-4-6-16-7-5-10/h2-9H,1H3,(H,18,19)/b17-9-. The maximum Gasteiger partial charge on any atom is 0.437 e. The van der Waals surface area contributed by atoms with Gasteiger partial charge in [-0.1, -0.05) is 16.8 Å². The molecule has 6 nitrogen and oxygen atoms in total. The number of benzene rings is 1. The fraction of sp³-hybridized carbons (Fsp3) is 0.0714. The van der Waals surface area contributed by atoms with Crippen molar-refractivity contribution >= 4 is 29.6 Å². The van der Waals surface area contributed by atoms with Gasteiger partial charge in [0.1, 0.15) is 5.75 Å². The van der Waals surface area contributed by atoms with Gasteiger partial charge in [0.15, 0.2) is 0 Å². The number of carbonyl (C=O) groups excluding carboxylic acids is 1. The molecule has 1 heterocycles. The van der Waals surface area contributed by atoms with Gasteiger partial charge in [-0.15, -0.1) is 0 Å². The summed E-state index contributed by atoms with van der Waals surface area (Å²) >= 11 is 5.86. The molecule has 1 aromatic carbocycles. The van der Waals surface area contributed by atoms with E-state index in [0.717, 1.165) is 5.56 Å². The Labute approximate surface area is 126 Å². The highest BCUT2D eigenvalue weighted by Gasteiger charge is 2.08. The van der Waals surface area contributed by atoms with Gasteiger partial charge in [0.05, 0.1) is 19.0 Å². The van der Waals surface area contributed by atoms with Gasteiger partial charge in [-0.3, -0.25) is 15.1 Å². The molecular formula is C14H12ClN3O3. The molecule has 7 heteroatoms. The quantitative estimate of drug-likeness (QED) is 0.534. The molecule has 1 aromatic heterocycles. The first kappa shape index (κ1) is 14.8. The number of amides is 1.